The van der Waals surface area contributed by atoms with Gasteiger partial charge in [-0.15, -0.1) is 34.0 Å². The van der Waals surface area contributed by atoms with Crippen LogP contribution in [0.2, 0.25) is 0 Å². The van der Waals surface area contributed by atoms with Crippen LogP contribution in [0.15, 0.2) is 29.6 Å². The molecular formula is C17H15N3O4S3. The van der Waals surface area contributed by atoms with Crippen LogP contribution in [-0.4, -0.2) is 29.9 Å². The summed E-state index contributed by atoms with van der Waals surface area (Å²) in [4.78, 5) is 42.0. The molecule has 0 aliphatic heterocycles. The van der Waals surface area contributed by atoms with Gasteiger partial charge in [-0.05, 0) is 24.3 Å². The lowest BCUT2D eigenvalue weighted by Gasteiger charge is -1.98. The van der Waals surface area contributed by atoms with Crippen LogP contribution in [0.4, 0.5) is 5.13 Å². The fraction of sp³-hybridized carbons (Fsp3) is 0.176. The molecule has 0 radical (unpaired) electrons. The Kier molecular flexibility index (Phi) is 5.99. The molecule has 10 heteroatoms. The number of nitrogens with one attached hydrogen (secondary N) is 2. The minimum absolute atomic E-state index is 0.0764. The second-order valence-electron chi connectivity index (χ2n) is 5.32. The van der Waals surface area contributed by atoms with Gasteiger partial charge in [0.15, 0.2) is 5.13 Å². The number of aromatic nitrogens is 1. The molecule has 0 unspecified atom stereocenters. The summed E-state index contributed by atoms with van der Waals surface area (Å²) in [5.41, 5.74) is 0.760. The minimum Gasteiger partial charge on any atom is -0.465 e. The molecule has 3 rings (SSSR count). The number of thiazole rings is 1. The monoisotopic (exact) mass is 421 g/mol. The average Bonchev–Trinajstić information content (AvgIpc) is 3.38. The summed E-state index contributed by atoms with van der Waals surface area (Å²) in [6.07, 6.45) is 0. The van der Waals surface area contributed by atoms with Crippen molar-refractivity contribution in [1.82, 2.24) is 10.3 Å². The Balaban J connectivity index is 1.65. The van der Waals surface area contributed by atoms with E-state index in [1.165, 1.54) is 36.7 Å². The maximum Gasteiger partial charge on any atom is 0.348 e. The number of esters is 1. The first-order valence-corrected chi connectivity index (χ1v) is 10.3. The number of rotatable bonds is 6. The maximum absolute atomic E-state index is 12.3. The lowest BCUT2D eigenvalue weighted by molar-refractivity contribution is -0.119. The number of carbonyl (C=O) groups excluding carboxylic acids is 3. The van der Waals surface area contributed by atoms with E-state index >= 15 is 0 Å². The maximum atomic E-state index is 12.3. The SMILES string of the molecule is COC(=O)c1ccc(C(=O)Nc2nc(-c3ccc(CNC(C)=O)s3)cs2)s1. The van der Waals surface area contributed by atoms with Crippen LogP contribution < -0.4 is 10.6 Å². The molecule has 0 aliphatic rings. The number of ether oxygens (including phenoxy) is 1. The third kappa shape index (κ3) is 4.79. The Labute approximate surface area is 167 Å². The van der Waals surface area contributed by atoms with Gasteiger partial charge in [0, 0.05) is 17.2 Å². The molecule has 2 N–H and O–H groups in total. The molecule has 0 saturated heterocycles. The highest BCUT2D eigenvalue weighted by Crippen LogP contribution is 2.31. The van der Waals surface area contributed by atoms with Gasteiger partial charge in [-0.1, -0.05) is 0 Å². The van der Waals surface area contributed by atoms with Crippen LogP contribution >= 0.6 is 34.0 Å². The number of hydrogen-bond acceptors (Lipinski definition) is 8. The van der Waals surface area contributed by atoms with Crippen molar-refractivity contribution in [2.45, 2.75) is 13.5 Å². The van der Waals surface area contributed by atoms with Crippen molar-refractivity contribution in [3.8, 4) is 10.6 Å². The third-order valence-corrected chi connectivity index (χ3v) is 6.30. The standard InChI is InChI=1S/C17H15N3O4S3/c1-9(21)18-7-10-3-4-12(26-10)11-8-25-17(19-11)20-15(22)13-5-6-14(27-13)16(23)24-2/h3-6,8H,7H2,1-2H3,(H,18,21)(H,19,20,22). The molecule has 2 amide bonds. The molecule has 0 aromatic carbocycles. The zero-order valence-corrected chi connectivity index (χ0v) is 16.8. The zero-order valence-electron chi connectivity index (χ0n) is 14.4. The Bertz CT molecular complexity index is 989. The van der Waals surface area contributed by atoms with Gasteiger partial charge in [0.1, 0.15) is 4.88 Å². The number of methoxy groups -OCH3 is 1. The molecule has 3 aromatic rings. The van der Waals surface area contributed by atoms with Gasteiger partial charge in [0.25, 0.3) is 5.91 Å². The highest BCUT2D eigenvalue weighted by molar-refractivity contribution is 7.17. The van der Waals surface area contributed by atoms with E-state index < -0.39 is 5.97 Å². The first kappa shape index (κ1) is 19.2. The van der Waals surface area contributed by atoms with Gasteiger partial charge in [-0.2, -0.15) is 0 Å². The highest BCUT2D eigenvalue weighted by Gasteiger charge is 2.16. The van der Waals surface area contributed by atoms with Crippen molar-refractivity contribution in [1.29, 1.82) is 0 Å². The fourth-order valence-electron chi connectivity index (χ4n) is 2.10. The Morgan fingerprint density at radius 1 is 1.11 bits per heavy atom. The second kappa shape index (κ2) is 8.42. The molecule has 0 fully saturated rings. The normalized spacial score (nSPS) is 10.4. The van der Waals surface area contributed by atoms with Gasteiger partial charge in [0.05, 0.1) is 29.1 Å². The van der Waals surface area contributed by atoms with Gasteiger partial charge in [-0.3, -0.25) is 14.9 Å². The first-order valence-electron chi connectivity index (χ1n) is 7.75. The largest absolute Gasteiger partial charge is 0.465 e. The van der Waals surface area contributed by atoms with Crippen LogP contribution in [0.3, 0.4) is 0 Å². The quantitative estimate of drug-likeness (QED) is 0.593. The topological polar surface area (TPSA) is 97.4 Å². The van der Waals surface area contributed by atoms with E-state index in [0.29, 0.717) is 21.4 Å². The van der Waals surface area contributed by atoms with Crippen molar-refractivity contribution >= 4 is 56.9 Å². The Morgan fingerprint density at radius 2 is 1.89 bits per heavy atom. The summed E-state index contributed by atoms with van der Waals surface area (Å²) < 4.78 is 4.64. The molecular weight excluding hydrogens is 406 g/mol. The number of carbonyl (C=O) groups is 3. The molecule has 27 heavy (non-hydrogen) atoms. The van der Waals surface area contributed by atoms with Crippen molar-refractivity contribution < 1.29 is 19.1 Å². The van der Waals surface area contributed by atoms with Gasteiger partial charge < -0.3 is 10.1 Å². The smallest absolute Gasteiger partial charge is 0.348 e. The third-order valence-electron chi connectivity index (χ3n) is 3.37. The summed E-state index contributed by atoms with van der Waals surface area (Å²) in [6, 6.07) is 7.01. The van der Waals surface area contributed by atoms with Gasteiger partial charge in [0.2, 0.25) is 5.91 Å². The van der Waals surface area contributed by atoms with Crippen molar-refractivity contribution in [2.75, 3.05) is 12.4 Å². The summed E-state index contributed by atoms with van der Waals surface area (Å²) in [7, 11) is 1.30. The molecule has 140 valence electrons. The summed E-state index contributed by atoms with van der Waals surface area (Å²) in [5.74, 6) is -0.871. The van der Waals surface area contributed by atoms with Crippen LogP contribution in [0.5, 0.6) is 0 Å². The minimum atomic E-state index is -0.469. The van der Waals surface area contributed by atoms with Crippen molar-refractivity contribution in [3.05, 3.63) is 44.3 Å². The first-order chi connectivity index (χ1) is 13.0. The number of thiophene rings is 2. The van der Waals surface area contributed by atoms with Crippen LogP contribution in [-0.2, 0) is 16.1 Å². The Hall–Kier alpha value is -2.56. The van der Waals surface area contributed by atoms with E-state index in [9.17, 15) is 14.4 Å². The number of anilines is 1. The van der Waals surface area contributed by atoms with Crippen molar-refractivity contribution in [3.63, 3.8) is 0 Å². The molecule has 0 aliphatic carbocycles. The Morgan fingerprint density at radius 3 is 2.63 bits per heavy atom. The molecule has 7 nitrogen and oxygen atoms in total. The fourth-order valence-corrected chi connectivity index (χ4v) is 4.60. The zero-order chi connectivity index (χ0) is 19.4. The number of nitrogens with zero attached hydrogens (tertiary/aromatic N) is 1. The van der Waals surface area contributed by atoms with Gasteiger partial charge >= 0.3 is 5.97 Å². The van der Waals surface area contributed by atoms with E-state index in [2.05, 4.69) is 20.4 Å². The molecule has 0 spiro atoms. The molecule has 3 aromatic heterocycles. The lowest BCUT2D eigenvalue weighted by atomic mass is 10.3. The molecule has 0 bridgehead atoms. The van der Waals surface area contributed by atoms with E-state index in [-0.39, 0.29) is 11.8 Å². The summed E-state index contributed by atoms with van der Waals surface area (Å²) in [5, 5.41) is 7.83. The van der Waals surface area contributed by atoms with Crippen LogP contribution in [0.1, 0.15) is 31.1 Å². The molecule has 3 heterocycles. The van der Waals surface area contributed by atoms with Crippen LogP contribution in [0, 0.1) is 0 Å². The average molecular weight is 422 g/mol. The predicted molar refractivity (Wildman–Crippen MR) is 107 cm³/mol. The van der Waals surface area contributed by atoms with E-state index in [1.54, 1.807) is 12.1 Å². The van der Waals surface area contributed by atoms with E-state index in [4.69, 9.17) is 0 Å². The lowest BCUT2D eigenvalue weighted by Crippen LogP contribution is -2.17. The number of hydrogen-bond donors (Lipinski definition) is 2. The highest BCUT2D eigenvalue weighted by atomic mass is 32.1. The summed E-state index contributed by atoms with van der Waals surface area (Å²) >= 11 is 3.92. The molecule has 0 saturated carbocycles. The predicted octanol–water partition coefficient (Wildman–Crippen LogP) is 3.61. The summed E-state index contributed by atoms with van der Waals surface area (Å²) in [6.45, 7) is 1.96. The number of amides is 2. The van der Waals surface area contributed by atoms with Crippen LogP contribution in [0.25, 0.3) is 10.6 Å². The second-order valence-corrected chi connectivity index (χ2v) is 8.43. The van der Waals surface area contributed by atoms with E-state index in [0.717, 1.165) is 26.8 Å². The van der Waals surface area contributed by atoms with E-state index in [1.807, 2.05) is 17.5 Å². The molecule has 0 atom stereocenters. The van der Waals surface area contributed by atoms with Crippen molar-refractivity contribution in [2.24, 2.45) is 0 Å². The van der Waals surface area contributed by atoms with Gasteiger partial charge in [-0.25, -0.2) is 9.78 Å².